The molecule has 0 bridgehead atoms. The van der Waals surface area contributed by atoms with Crippen LogP contribution >= 0.6 is 11.6 Å². The number of hydrogen-bond acceptors (Lipinski definition) is 6. The summed E-state index contributed by atoms with van der Waals surface area (Å²) in [4.78, 5) is 38.4. The summed E-state index contributed by atoms with van der Waals surface area (Å²) in [6.45, 7) is 8.84. The fraction of sp³-hybridized carbons (Fsp3) is 0.471. The number of aliphatic carboxylic acids is 1. The summed E-state index contributed by atoms with van der Waals surface area (Å²) in [6.07, 6.45) is 5.81. The number of nitrogens with zero attached hydrogens (tertiary/aromatic N) is 4. The number of aromatic nitrogens is 2. The topological polar surface area (TPSA) is 95.9 Å². The number of carbonyl (C=O) groups is 2. The third kappa shape index (κ3) is 8.25. The number of carbonyl (C=O) groups excluding carboxylic acids is 1. The second kappa shape index (κ2) is 13.3. The third-order valence-corrected chi connectivity index (χ3v) is 8.36. The van der Waals surface area contributed by atoms with Crippen LogP contribution in [0.2, 0.25) is 5.15 Å². The van der Waals surface area contributed by atoms with Crippen molar-refractivity contribution in [3.05, 3.63) is 77.1 Å². The lowest BCUT2D eigenvalue weighted by molar-refractivity contribution is -0.137. The molecule has 1 aliphatic carbocycles. The Morgan fingerprint density at radius 3 is 2.49 bits per heavy atom. The van der Waals surface area contributed by atoms with E-state index in [1.54, 1.807) is 23.2 Å². The standard InChI is InChI=1S/C34H41ClN4O4/c1-34(2,3)22-39(30-9-4-5-16-36-30)33(42)27-12-13-29(35)37-32(27)38-17-14-23(15-18-38)21-43-26-8-6-7-25(19-26)28(20-31(40)41)24-10-11-24/h4-9,12-13,16,19,23-24,28H,10-11,14-15,17-18,20-22H2,1-3H3,(H,40,41). The molecule has 3 aromatic rings. The summed E-state index contributed by atoms with van der Waals surface area (Å²) >= 11 is 6.35. The first-order valence-electron chi connectivity index (χ1n) is 15.2. The average Bonchev–Trinajstić information content (AvgIpc) is 3.83. The number of carboxylic acid groups (broad SMARTS) is 1. The monoisotopic (exact) mass is 604 g/mol. The van der Waals surface area contributed by atoms with Gasteiger partial charge in [-0.2, -0.15) is 0 Å². The van der Waals surface area contributed by atoms with Crippen LogP contribution in [-0.2, 0) is 4.79 Å². The maximum Gasteiger partial charge on any atom is 0.303 e. The highest BCUT2D eigenvalue weighted by Gasteiger charge is 2.34. The summed E-state index contributed by atoms with van der Waals surface area (Å²) in [5.41, 5.74) is 1.42. The van der Waals surface area contributed by atoms with Crippen molar-refractivity contribution in [1.29, 1.82) is 0 Å². The number of amides is 1. The number of anilines is 2. The molecular formula is C34H41ClN4O4. The summed E-state index contributed by atoms with van der Waals surface area (Å²) in [7, 11) is 0. The van der Waals surface area contributed by atoms with Crippen molar-refractivity contribution < 1.29 is 19.4 Å². The van der Waals surface area contributed by atoms with Gasteiger partial charge in [-0.1, -0.05) is 50.6 Å². The van der Waals surface area contributed by atoms with Crippen LogP contribution in [0.1, 0.15) is 74.7 Å². The predicted octanol–water partition coefficient (Wildman–Crippen LogP) is 7.09. The van der Waals surface area contributed by atoms with Crippen molar-refractivity contribution in [1.82, 2.24) is 9.97 Å². The number of ether oxygens (including phenoxy) is 1. The molecule has 1 atom stereocenters. The Labute approximate surface area is 259 Å². The Balaban J connectivity index is 1.24. The number of benzene rings is 1. The van der Waals surface area contributed by atoms with E-state index in [2.05, 4.69) is 35.6 Å². The largest absolute Gasteiger partial charge is 0.493 e. The lowest BCUT2D eigenvalue weighted by Gasteiger charge is -2.35. The highest BCUT2D eigenvalue weighted by Crippen LogP contribution is 2.45. The van der Waals surface area contributed by atoms with E-state index in [1.807, 2.05) is 42.5 Å². The molecule has 1 aromatic carbocycles. The first kappa shape index (κ1) is 30.8. The van der Waals surface area contributed by atoms with Gasteiger partial charge in [-0.25, -0.2) is 9.97 Å². The summed E-state index contributed by atoms with van der Waals surface area (Å²) < 4.78 is 6.22. The maximum atomic E-state index is 14.0. The van der Waals surface area contributed by atoms with Gasteiger partial charge in [0.05, 0.1) is 18.6 Å². The Morgan fingerprint density at radius 1 is 1.07 bits per heavy atom. The molecule has 1 N–H and O–H groups in total. The van der Waals surface area contributed by atoms with Crippen LogP contribution in [0.3, 0.4) is 0 Å². The zero-order valence-electron chi connectivity index (χ0n) is 25.2. The van der Waals surface area contributed by atoms with Gasteiger partial charge in [0.15, 0.2) is 0 Å². The molecule has 1 amide bonds. The molecule has 43 heavy (non-hydrogen) atoms. The number of piperidine rings is 1. The lowest BCUT2D eigenvalue weighted by atomic mass is 9.91. The molecule has 228 valence electrons. The number of halogens is 1. The van der Waals surface area contributed by atoms with Gasteiger partial charge in [0.25, 0.3) is 5.91 Å². The lowest BCUT2D eigenvalue weighted by Crippen LogP contribution is -2.41. The third-order valence-electron chi connectivity index (χ3n) is 8.15. The van der Waals surface area contributed by atoms with Crippen molar-refractivity contribution >= 4 is 35.1 Å². The molecule has 2 fully saturated rings. The van der Waals surface area contributed by atoms with Gasteiger partial charge in [-0.05, 0) is 90.8 Å². The van der Waals surface area contributed by atoms with E-state index in [4.69, 9.17) is 16.3 Å². The van der Waals surface area contributed by atoms with Gasteiger partial charge in [-0.15, -0.1) is 0 Å². The minimum Gasteiger partial charge on any atom is -0.493 e. The van der Waals surface area contributed by atoms with Crippen molar-refractivity contribution in [2.45, 2.75) is 58.8 Å². The van der Waals surface area contributed by atoms with E-state index in [-0.39, 0.29) is 23.7 Å². The SMILES string of the molecule is CC(C)(C)CN(C(=O)c1ccc(Cl)nc1N1CCC(COc2cccc(C(CC(=O)O)C3CC3)c2)CC1)c1ccccn1. The van der Waals surface area contributed by atoms with E-state index in [0.29, 0.717) is 47.3 Å². The molecule has 0 radical (unpaired) electrons. The fourth-order valence-corrected chi connectivity index (χ4v) is 5.97. The number of rotatable bonds is 11. The summed E-state index contributed by atoms with van der Waals surface area (Å²) in [6, 6.07) is 17.0. The second-order valence-corrected chi connectivity index (χ2v) is 13.4. The van der Waals surface area contributed by atoms with E-state index < -0.39 is 5.97 Å². The molecule has 1 unspecified atom stereocenters. The van der Waals surface area contributed by atoms with Crippen molar-refractivity contribution in [2.24, 2.45) is 17.3 Å². The van der Waals surface area contributed by atoms with Crippen LogP contribution < -0.4 is 14.5 Å². The minimum absolute atomic E-state index is 0.0448. The quantitative estimate of drug-likeness (QED) is 0.233. The molecule has 1 saturated carbocycles. The number of hydrogen-bond donors (Lipinski definition) is 1. The highest BCUT2D eigenvalue weighted by molar-refractivity contribution is 6.29. The van der Waals surface area contributed by atoms with Crippen LogP contribution in [0.15, 0.2) is 60.8 Å². The van der Waals surface area contributed by atoms with Gasteiger partial charge in [0.1, 0.15) is 22.5 Å². The Hall–Kier alpha value is -3.65. The Kier molecular flexibility index (Phi) is 9.55. The van der Waals surface area contributed by atoms with E-state index in [9.17, 15) is 14.7 Å². The van der Waals surface area contributed by atoms with Crippen molar-refractivity contribution in [2.75, 3.05) is 36.0 Å². The fourth-order valence-electron chi connectivity index (χ4n) is 5.83. The summed E-state index contributed by atoms with van der Waals surface area (Å²) in [5, 5.41) is 9.74. The summed E-state index contributed by atoms with van der Waals surface area (Å²) in [5.74, 6) is 1.94. The number of pyridine rings is 2. The van der Waals surface area contributed by atoms with Crippen LogP contribution in [0, 0.1) is 17.3 Å². The van der Waals surface area contributed by atoms with E-state index in [1.165, 1.54) is 0 Å². The van der Waals surface area contributed by atoms with Gasteiger partial charge in [-0.3, -0.25) is 14.5 Å². The molecule has 1 aliphatic heterocycles. The molecular weight excluding hydrogens is 564 g/mol. The molecule has 1 saturated heterocycles. The molecule has 3 heterocycles. The van der Waals surface area contributed by atoms with Crippen LogP contribution in [0.25, 0.3) is 0 Å². The maximum absolute atomic E-state index is 14.0. The molecule has 2 aliphatic rings. The predicted molar refractivity (Wildman–Crippen MR) is 169 cm³/mol. The van der Waals surface area contributed by atoms with Gasteiger partial charge in [0.2, 0.25) is 0 Å². The Morgan fingerprint density at radius 2 is 1.84 bits per heavy atom. The first-order chi connectivity index (χ1) is 20.6. The zero-order valence-corrected chi connectivity index (χ0v) is 26.0. The van der Waals surface area contributed by atoms with Crippen LogP contribution in [0.5, 0.6) is 5.75 Å². The van der Waals surface area contributed by atoms with Crippen LogP contribution in [-0.4, -0.2) is 53.2 Å². The minimum atomic E-state index is -0.757. The first-order valence-corrected chi connectivity index (χ1v) is 15.5. The van der Waals surface area contributed by atoms with Gasteiger partial charge >= 0.3 is 5.97 Å². The van der Waals surface area contributed by atoms with E-state index >= 15 is 0 Å². The molecule has 0 spiro atoms. The van der Waals surface area contributed by atoms with E-state index in [0.717, 1.165) is 50.1 Å². The van der Waals surface area contributed by atoms with Crippen molar-refractivity contribution in [3.8, 4) is 5.75 Å². The second-order valence-electron chi connectivity index (χ2n) is 13.0. The van der Waals surface area contributed by atoms with Crippen molar-refractivity contribution in [3.63, 3.8) is 0 Å². The number of carboxylic acids is 1. The zero-order chi connectivity index (χ0) is 30.6. The average molecular weight is 605 g/mol. The molecule has 8 nitrogen and oxygen atoms in total. The normalized spacial score (nSPS) is 16.5. The Bertz CT molecular complexity index is 1420. The molecule has 2 aromatic heterocycles. The van der Waals surface area contributed by atoms with Gasteiger partial charge < -0.3 is 14.7 Å². The molecule has 9 heteroatoms. The molecule has 5 rings (SSSR count). The van der Waals surface area contributed by atoms with Crippen LogP contribution in [0.4, 0.5) is 11.6 Å². The highest BCUT2D eigenvalue weighted by atomic mass is 35.5. The smallest absolute Gasteiger partial charge is 0.303 e. The van der Waals surface area contributed by atoms with Gasteiger partial charge in [0, 0.05) is 25.8 Å².